The number of hydrogen-bond donors (Lipinski definition) is 3. The van der Waals surface area contributed by atoms with Crippen LogP contribution >= 0.6 is 11.8 Å². The first kappa shape index (κ1) is 15.1. The van der Waals surface area contributed by atoms with Crippen LogP contribution < -0.4 is 16.6 Å². The first-order chi connectivity index (χ1) is 9.94. The summed E-state index contributed by atoms with van der Waals surface area (Å²) in [5.41, 5.74) is 7.02. The average molecular weight is 304 g/mol. The molecule has 0 aliphatic rings. The zero-order chi connectivity index (χ0) is 15.4. The second-order valence-corrected chi connectivity index (χ2v) is 5.92. The number of amides is 1. The minimum Gasteiger partial charge on any atom is -0.383 e. The average Bonchev–Trinajstić information content (AvgIpc) is 2.40. The summed E-state index contributed by atoms with van der Waals surface area (Å²) in [5, 5.41) is 2.71. The van der Waals surface area contributed by atoms with Crippen molar-refractivity contribution < 1.29 is 4.79 Å². The van der Waals surface area contributed by atoms with Crippen LogP contribution in [0.3, 0.4) is 0 Å². The van der Waals surface area contributed by atoms with Crippen LogP contribution in [0.4, 0.5) is 11.5 Å². The van der Waals surface area contributed by atoms with E-state index < -0.39 is 5.25 Å². The van der Waals surface area contributed by atoms with Gasteiger partial charge >= 0.3 is 0 Å². The number of hydrogen-bond acceptors (Lipinski definition) is 5. The Morgan fingerprint density at radius 3 is 2.67 bits per heavy atom. The summed E-state index contributed by atoms with van der Waals surface area (Å²) in [4.78, 5) is 29.9. The lowest BCUT2D eigenvalue weighted by atomic mass is 10.2. The molecule has 0 aliphatic heterocycles. The molecule has 21 heavy (non-hydrogen) atoms. The monoisotopic (exact) mass is 304 g/mol. The van der Waals surface area contributed by atoms with Gasteiger partial charge in [0.15, 0.2) is 5.16 Å². The fourth-order valence-corrected chi connectivity index (χ4v) is 2.43. The molecule has 0 aliphatic carbocycles. The number of nitrogens with two attached hydrogens (primary N) is 1. The van der Waals surface area contributed by atoms with Crippen molar-refractivity contribution in [2.24, 2.45) is 0 Å². The largest absolute Gasteiger partial charge is 0.383 e. The van der Waals surface area contributed by atoms with Crippen molar-refractivity contribution in [1.29, 1.82) is 0 Å². The smallest absolute Gasteiger partial charge is 0.253 e. The summed E-state index contributed by atoms with van der Waals surface area (Å²) in [5.74, 6) is -0.0404. The molecular formula is C14H16N4O2S. The van der Waals surface area contributed by atoms with Gasteiger partial charge in [-0.05, 0) is 26.0 Å². The van der Waals surface area contributed by atoms with Crippen molar-refractivity contribution in [3.63, 3.8) is 0 Å². The second-order valence-electron chi connectivity index (χ2n) is 4.59. The summed E-state index contributed by atoms with van der Waals surface area (Å²) in [6.07, 6.45) is 0. The van der Waals surface area contributed by atoms with Gasteiger partial charge in [-0.3, -0.25) is 9.59 Å². The molecule has 2 aromatic rings. The molecule has 1 heterocycles. The van der Waals surface area contributed by atoms with E-state index in [0.717, 1.165) is 23.0 Å². The number of nitrogen functional groups attached to an aromatic ring is 1. The molecule has 2 rings (SSSR count). The number of H-pyrrole nitrogens is 1. The van der Waals surface area contributed by atoms with Crippen LogP contribution in [0.15, 0.2) is 40.3 Å². The maximum absolute atomic E-state index is 12.1. The molecule has 0 radical (unpaired) electrons. The minimum absolute atomic E-state index is 0.132. The summed E-state index contributed by atoms with van der Waals surface area (Å²) >= 11 is 1.14. The van der Waals surface area contributed by atoms with Gasteiger partial charge in [-0.25, -0.2) is 4.98 Å². The van der Waals surface area contributed by atoms with Gasteiger partial charge in [0.2, 0.25) is 5.91 Å². The number of thioether (sulfide) groups is 1. The van der Waals surface area contributed by atoms with Crippen molar-refractivity contribution in [3.05, 3.63) is 46.2 Å². The van der Waals surface area contributed by atoms with Gasteiger partial charge in [0.05, 0.1) is 5.25 Å². The number of carbonyl (C=O) groups excluding carboxylic acids is 1. The first-order valence-corrected chi connectivity index (χ1v) is 7.23. The van der Waals surface area contributed by atoms with Gasteiger partial charge in [-0.2, -0.15) is 0 Å². The number of rotatable bonds is 4. The molecule has 110 valence electrons. The van der Waals surface area contributed by atoms with Crippen molar-refractivity contribution in [2.45, 2.75) is 24.3 Å². The summed E-state index contributed by atoms with van der Waals surface area (Å²) < 4.78 is 0. The Balaban J connectivity index is 2.02. The number of aromatic nitrogens is 2. The summed E-state index contributed by atoms with van der Waals surface area (Å²) in [6, 6.07) is 8.71. The predicted molar refractivity (Wildman–Crippen MR) is 84.4 cm³/mol. The number of nitrogens with one attached hydrogen (secondary N) is 2. The van der Waals surface area contributed by atoms with Gasteiger partial charge in [-0.15, -0.1) is 0 Å². The molecule has 1 amide bonds. The Hall–Kier alpha value is -2.28. The van der Waals surface area contributed by atoms with Crippen LogP contribution in [0, 0.1) is 6.92 Å². The molecule has 0 fully saturated rings. The Morgan fingerprint density at radius 2 is 2.05 bits per heavy atom. The zero-order valence-corrected chi connectivity index (χ0v) is 12.5. The van der Waals surface area contributed by atoms with E-state index >= 15 is 0 Å². The molecule has 1 atom stereocenters. The number of nitrogens with zero attached hydrogens (tertiary/aromatic N) is 1. The Bertz CT molecular complexity index is 697. The normalized spacial score (nSPS) is 11.9. The molecule has 7 heteroatoms. The fraction of sp³-hybridized carbons (Fsp3) is 0.214. The van der Waals surface area contributed by atoms with Crippen LogP contribution in [0.1, 0.15) is 12.5 Å². The van der Waals surface area contributed by atoms with Crippen molar-refractivity contribution in [2.75, 3.05) is 11.1 Å². The lowest BCUT2D eigenvalue weighted by Gasteiger charge is -2.11. The van der Waals surface area contributed by atoms with Crippen LogP contribution in [-0.4, -0.2) is 21.1 Å². The van der Waals surface area contributed by atoms with E-state index in [4.69, 9.17) is 5.73 Å². The molecule has 0 saturated heterocycles. The quantitative estimate of drug-likeness (QED) is 0.590. The molecule has 0 saturated carbocycles. The molecule has 1 aromatic carbocycles. The summed E-state index contributed by atoms with van der Waals surface area (Å²) in [6.45, 7) is 3.71. The number of aromatic amines is 1. The number of anilines is 2. The maximum atomic E-state index is 12.1. The molecule has 6 nitrogen and oxygen atoms in total. The van der Waals surface area contributed by atoms with Crippen LogP contribution in [0.2, 0.25) is 0 Å². The van der Waals surface area contributed by atoms with E-state index in [2.05, 4.69) is 15.3 Å². The molecule has 0 bridgehead atoms. The van der Waals surface area contributed by atoms with Gasteiger partial charge in [0.1, 0.15) is 5.82 Å². The van der Waals surface area contributed by atoms with E-state index in [1.54, 1.807) is 6.92 Å². The highest BCUT2D eigenvalue weighted by molar-refractivity contribution is 8.00. The van der Waals surface area contributed by atoms with E-state index in [-0.39, 0.29) is 17.3 Å². The SMILES string of the molecule is Cc1ccc(NC(=O)[C@H](C)Sc2nc(N)cc(=O)[nH]2)cc1. The van der Waals surface area contributed by atoms with Crippen LogP contribution in [0.25, 0.3) is 0 Å². The topological polar surface area (TPSA) is 101 Å². The van der Waals surface area contributed by atoms with Gasteiger partial charge < -0.3 is 16.0 Å². The first-order valence-electron chi connectivity index (χ1n) is 6.35. The standard InChI is InChI=1S/C14H16N4O2S/c1-8-3-5-10(6-4-8)16-13(20)9(2)21-14-17-11(15)7-12(19)18-14/h3-7,9H,1-2H3,(H,16,20)(H3,15,17,18,19)/t9-/m0/s1. The van der Waals surface area contributed by atoms with Crippen LogP contribution in [-0.2, 0) is 4.79 Å². The number of benzene rings is 1. The molecule has 0 spiro atoms. The summed E-state index contributed by atoms with van der Waals surface area (Å²) in [7, 11) is 0. The minimum atomic E-state index is -0.420. The van der Waals surface area contributed by atoms with Crippen LogP contribution in [0.5, 0.6) is 0 Å². The van der Waals surface area contributed by atoms with E-state index in [1.165, 1.54) is 6.07 Å². The fourth-order valence-electron chi connectivity index (χ4n) is 1.61. The highest BCUT2D eigenvalue weighted by atomic mass is 32.2. The highest BCUT2D eigenvalue weighted by Crippen LogP contribution is 2.20. The van der Waals surface area contributed by atoms with E-state index in [9.17, 15) is 9.59 Å². The molecule has 4 N–H and O–H groups in total. The second kappa shape index (κ2) is 6.45. The van der Waals surface area contributed by atoms with E-state index in [1.807, 2.05) is 31.2 Å². The molecular weight excluding hydrogens is 288 g/mol. The Morgan fingerprint density at radius 1 is 1.38 bits per heavy atom. The van der Waals surface area contributed by atoms with E-state index in [0.29, 0.717) is 5.16 Å². The zero-order valence-electron chi connectivity index (χ0n) is 11.7. The van der Waals surface area contributed by atoms with Crippen molar-refractivity contribution >= 4 is 29.2 Å². The van der Waals surface area contributed by atoms with Gasteiger partial charge in [0.25, 0.3) is 5.56 Å². The highest BCUT2D eigenvalue weighted by Gasteiger charge is 2.16. The third kappa shape index (κ3) is 4.35. The predicted octanol–water partition coefficient (Wildman–Crippen LogP) is 1.78. The Labute approximate surface area is 126 Å². The maximum Gasteiger partial charge on any atom is 0.253 e. The lowest BCUT2D eigenvalue weighted by molar-refractivity contribution is -0.115. The lowest BCUT2D eigenvalue weighted by Crippen LogP contribution is -2.23. The number of aryl methyl sites for hydroxylation is 1. The Kier molecular flexibility index (Phi) is 4.64. The van der Waals surface area contributed by atoms with Gasteiger partial charge in [-0.1, -0.05) is 29.5 Å². The molecule has 1 aromatic heterocycles. The van der Waals surface area contributed by atoms with Crippen molar-refractivity contribution in [1.82, 2.24) is 9.97 Å². The number of carbonyl (C=O) groups is 1. The third-order valence-corrected chi connectivity index (χ3v) is 3.70. The van der Waals surface area contributed by atoms with Gasteiger partial charge in [0, 0.05) is 11.8 Å². The molecule has 0 unspecified atom stereocenters. The van der Waals surface area contributed by atoms with Crippen molar-refractivity contribution in [3.8, 4) is 0 Å². The third-order valence-electron chi connectivity index (χ3n) is 2.72.